The van der Waals surface area contributed by atoms with Crippen LogP contribution in [0.5, 0.6) is 0 Å². The summed E-state index contributed by atoms with van der Waals surface area (Å²) in [6.45, 7) is 0.834. The van der Waals surface area contributed by atoms with Gasteiger partial charge in [0.05, 0.1) is 0 Å². The molecule has 0 aromatic carbocycles. The number of nitro groups is 1. The van der Waals surface area contributed by atoms with Crippen molar-refractivity contribution in [2.75, 3.05) is 20.1 Å². The molecule has 0 spiro atoms. The van der Waals surface area contributed by atoms with E-state index in [1.807, 2.05) is 0 Å². The standard InChI is InChI=1S/C10H14N4O4S/c1-11-8-4-5-13(7-8)19(17,18)9-2-3-10(12-6-9)14(15)16/h2-3,6,8,11H,4-5,7H2,1H3. The van der Waals surface area contributed by atoms with E-state index < -0.39 is 14.9 Å². The normalized spacial score (nSPS) is 20.6. The second kappa shape index (κ2) is 5.19. The van der Waals surface area contributed by atoms with Crippen LogP contribution in [0.15, 0.2) is 23.2 Å². The highest BCUT2D eigenvalue weighted by Gasteiger charge is 2.32. The van der Waals surface area contributed by atoms with Gasteiger partial charge >= 0.3 is 5.82 Å². The fraction of sp³-hybridized carbons (Fsp3) is 0.500. The molecule has 0 bridgehead atoms. The molecular formula is C10H14N4O4S. The van der Waals surface area contributed by atoms with E-state index >= 15 is 0 Å². The zero-order valence-corrected chi connectivity index (χ0v) is 11.1. The van der Waals surface area contributed by atoms with Crippen molar-refractivity contribution >= 4 is 15.8 Å². The predicted octanol–water partition coefficient (Wildman–Crippen LogP) is -0.0278. The first-order valence-electron chi connectivity index (χ1n) is 5.73. The lowest BCUT2D eigenvalue weighted by atomic mass is 10.3. The lowest BCUT2D eigenvalue weighted by Crippen LogP contribution is -2.33. The molecule has 8 nitrogen and oxygen atoms in total. The Morgan fingerprint density at radius 3 is 2.74 bits per heavy atom. The Labute approximate surface area is 110 Å². The number of sulfonamides is 1. The fourth-order valence-electron chi connectivity index (χ4n) is 1.96. The van der Waals surface area contributed by atoms with Gasteiger partial charge < -0.3 is 15.4 Å². The van der Waals surface area contributed by atoms with Gasteiger partial charge in [-0.05, 0) is 29.4 Å². The maximum Gasteiger partial charge on any atom is 0.363 e. The maximum absolute atomic E-state index is 12.3. The quantitative estimate of drug-likeness (QED) is 0.615. The summed E-state index contributed by atoms with van der Waals surface area (Å²) in [5, 5.41) is 13.5. The van der Waals surface area contributed by atoms with E-state index in [9.17, 15) is 18.5 Å². The average molecular weight is 286 g/mol. The Bertz CT molecular complexity index is 572. The maximum atomic E-state index is 12.3. The van der Waals surface area contributed by atoms with Crippen LogP contribution in [-0.2, 0) is 10.0 Å². The van der Waals surface area contributed by atoms with Gasteiger partial charge in [-0.25, -0.2) is 8.42 Å². The molecule has 2 rings (SSSR count). The number of rotatable bonds is 4. The summed E-state index contributed by atoms with van der Waals surface area (Å²) in [7, 11) is -1.83. The van der Waals surface area contributed by atoms with E-state index in [-0.39, 0.29) is 16.8 Å². The summed E-state index contributed by atoms with van der Waals surface area (Å²) in [5.74, 6) is -0.367. The number of hydrogen-bond acceptors (Lipinski definition) is 6. The van der Waals surface area contributed by atoms with Gasteiger partial charge in [-0.15, -0.1) is 0 Å². The van der Waals surface area contributed by atoms with Gasteiger partial charge in [-0.1, -0.05) is 0 Å². The van der Waals surface area contributed by atoms with Crippen molar-refractivity contribution < 1.29 is 13.3 Å². The monoisotopic (exact) mass is 286 g/mol. The molecule has 0 aliphatic carbocycles. The molecule has 0 radical (unpaired) electrons. The molecule has 1 fully saturated rings. The first kappa shape index (κ1) is 13.8. The third-order valence-electron chi connectivity index (χ3n) is 3.10. The highest BCUT2D eigenvalue weighted by molar-refractivity contribution is 7.89. The first-order valence-corrected chi connectivity index (χ1v) is 7.17. The molecule has 9 heteroatoms. The van der Waals surface area contributed by atoms with E-state index in [0.717, 1.165) is 18.7 Å². The Kier molecular flexibility index (Phi) is 3.78. The van der Waals surface area contributed by atoms with Crippen molar-refractivity contribution in [3.63, 3.8) is 0 Å². The summed E-state index contributed by atoms with van der Waals surface area (Å²) in [6, 6.07) is 2.45. The second-order valence-corrected chi connectivity index (χ2v) is 6.18. The first-order chi connectivity index (χ1) is 8.95. The Hall–Kier alpha value is -1.58. The number of nitrogens with one attached hydrogen (secondary N) is 1. The zero-order chi connectivity index (χ0) is 14.0. The number of likely N-dealkylation sites (N-methyl/N-ethyl adjacent to an activating group) is 1. The van der Waals surface area contributed by atoms with Gasteiger partial charge in [0, 0.05) is 25.2 Å². The van der Waals surface area contributed by atoms with E-state index in [2.05, 4.69) is 10.3 Å². The predicted molar refractivity (Wildman–Crippen MR) is 67.1 cm³/mol. The summed E-state index contributed by atoms with van der Waals surface area (Å²) in [4.78, 5) is 13.3. The highest BCUT2D eigenvalue weighted by Crippen LogP contribution is 2.21. The van der Waals surface area contributed by atoms with E-state index in [1.165, 1.54) is 10.4 Å². The fourth-order valence-corrected chi connectivity index (χ4v) is 3.41. The van der Waals surface area contributed by atoms with Crippen LogP contribution >= 0.6 is 0 Å². The van der Waals surface area contributed by atoms with Gasteiger partial charge in [-0.2, -0.15) is 4.31 Å². The molecule has 1 unspecified atom stereocenters. The smallest absolute Gasteiger partial charge is 0.358 e. The van der Waals surface area contributed by atoms with Crippen LogP contribution in [-0.4, -0.2) is 48.8 Å². The molecule has 1 saturated heterocycles. The molecule has 19 heavy (non-hydrogen) atoms. The topological polar surface area (TPSA) is 105 Å². The van der Waals surface area contributed by atoms with Crippen molar-refractivity contribution in [1.29, 1.82) is 0 Å². The van der Waals surface area contributed by atoms with Crippen LogP contribution in [0.4, 0.5) is 5.82 Å². The SMILES string of the molecule is CNC1CCN(S(=O)(=O)c2ccc([N+](=O)[O-])nc2)C1. The minimum atomic E-state index is -3.62. The van der Waals surface area contributed by atoms with Crippen molar-refractivity contribution in [2.24, 2.45) is 0 Å². The van der Waals surface area contributed by atoms with Crippen LogP contribution < -0.4 is 5.32 Å². The molecule has 1 aromatic rings. The van der Waals surface area contributed by atoms with Crippen LogP contribution in [0.2, 0.25) is 0 Å². The number of nitrogens with zero attached hydrogens (tertiary/aromatic N) is 3. The molecule has 104 valence electrons. The van der Waals surface area contributed by atoms with Gasteiger partial charge in [0.1, 0.15) is 4.90 Å². The highest BCUT2D eigenvalue weighted by atomic mass is 32.2. The molecule has 0 saturated carbocycles. The molecule has 2 heterocycles. The summed E-state index contributed by atoms with van der Waals surface area (Å²) < 4.78 is 25.9. The zero-order valence-electron chi connectivity index (χ0n) is 10.3. The van der Waals surface area contributed by atoms with Crippen molar-refractivity contribution in [1.82, 2.24) is 14.6 Å². The molecule has 1 N–H and O–H groups in total. The second-order valence-electron chi connectivity index (χ2n) is 4.25. The van der Waals surface area contributed by atoms with Crippen molar-refractivity contribution in [3.05, 3.63) is 28.4 Å². The third-order valence-corrected chi connectivity index (χ3v) is 4.95. The molecule has 1 aromatic heterocycles. The third kappa shape index (κ3) is 2.72. The van der Waals surface area contributed by atoms with Crippen molar-refractivity contribution in [2.45, 2.75) is 17.4 Å². The molecule has 0 amide bonds. The molecule has 1 aliphatic heterocycles. The van der Waals surface area contributed by atoms with Crippen LogP contribution in [0, 0.1) is 10.1 Å². The Morgan fingerprint density at radius 2 is 2.26 bits per heavy atom. The van der Waals surface area contributed by atoms with E-state index in [1.54, 1.807) is 7.05 Å². The van der Waals surface area contributed by atoms with Crippen molar-refractivity contribution in [3.8, 4) is 0 Å². The summed E-state index contributed by atoms with van der Waals surface area (Å²) >= 11 is 0. The largest absolute Gasteiger partial charge is 0.363 e. The van der Waals surface area contributed by atoms with E-state index in [0.29, 0.717) is 13.1 Å². The average Bonchev–Trinajstić information content (AvgIpc) is 2.88. The van der Waals surface area contributed by atoms with Gasteiger partial charge in [0.15, 0.2) is 6.20 Å². The van der Waals surface area contributed by atoms with Crippen LogP contribution in [0.1, 0.15) is 6.42 Å². The lowest BCUT2D eigenvalue weighted by Gasteiger charge is -2.15. The van der Waals surface area contributed by atoms with Crippen LogP contribution in [0.25, 0.3) is 0 Å². The summed E-state index contributed by atoms with van der Waals surface area (Å²) in [5.41, 5.74) is 0. The van der Waals surface area contributed by atoms with Gasteiger partial charge in [0.25, 0.3) is 0 Å². The number of pyridine rings is 1. The Morgan fingerprint density at radius 1 is 1.53 bits per heavy atom. The van der Waals surface area contributed by atoms with Gasteiger partial charge in [-0.3, -0.25) is 0 Å². The molecular weight excluding hydrogens is 272 g/mol. The lowest BCUT2D eigenvalue weighted by molar-refractivity contribution is -0.389. The molecule has 1 aliphatic rings. The minimum absolute atomic E-state index is 0.0187. The Balaban J connectivity index is 2.22. The van der Waals surface area contributed by atoms with Gasteiger partial charge in [0.2, 0.25) is 10.0 Å². The molecule has 1 atom stereocenters. The number of aromatic nitrogens is 1. The minimum Gasteiger partial charge on any atom is -0.358 e. The van der Waals surface area contributed by atoms with Crippen LogP contribution in [0.3, 0.4) is 0 Å². The number of hydrogen-bond donors (Lipinski definition) is 1. The summed E-state index contributed by atoms with van der Waals surface area (Å²) in [6.07, 6.45) is 1.77. The van der Waals surface area contributed by atoms with E-state index in [4.69, 9.17) is 0 Å².